The summed E-state index contributed by atoms with van der Waals surface area (Å²) in [5.41, 5.74) is 1.81. The third-order valence-electron chi connectivity index (χ3n) is 5.35. The molecule has 3 aromatic rings. The number of nitrogens with zero attached hydrogens (tertiary/aromatic N) is 2. The van der Waals surface area contributed by atoms with E-state index in [9.17, 15) is 23.6 Å². The Morgan fingerprint density at radius 3 is 2.56 bits per heavy atom. The highest BCUT2D eigenvalue weighted by atomic mass is 32.2. The number of carbonyl (C=O) groups is 4. The second-order valence-corrected chi connectivity index (χ2v) is 8.89. The van der Waals surface area contributed by atoms with E-state index >= 15 is 0 Å². The van der Waals surface area contributed by atoms with E-state index in [4.69, 9.17) is 4.74 Å². The molecule has 2 heterocycles. The first-order chi connectivity index (χ1) is 17.4. The normalized spacial score (nSPS) is 14.6. The first-order valence-electron chi connectivity index (χ1n) is 11.0. The summed E-state index contributed by atoms with van der Waals surface area (Å²) < 4.78 is 19.8. The third kappa shape index (κ3) is 5.81. The molecule has 1 aliphatic heterocycles. The molecule has 0 spiro atoms. The van der Waals surface area contributed by atoms with Crippen molar-refractivity contribution < 1.29 is 28.3 Å². The van der Waals surface area contributed by atoms with Crippen molar-refractivity contribution in [1.29, 1.82) is 0 Å². The van der Waals surface area contributed by atoms with Gasteiger partial charge in [-0.3, -0.25) is 24.1 Å². The Balaban J connectivity index is 1.50. The van der Waals surface area contributed by atoms with Crippen molar-refractivity contribution in [3.63, 3.8) is 0 Å². The Morgan fingerprint density at radius 1 is 1.06 bits per heavy atom. The van der Waals surface area contributed by atoms with E-state index in [1.54, 1.807) is 23.9 Å². The number of imide groups is 1. The molecule has 1 aromatic heterocycles. The van der Waals surface area contributed by atoms with E-state index < -0.39 is 29.4 Å². The number of benzene rings is 2. The van der Waals surface area contributed by atoms with Gasteiger partial charge in [0.2, 0.25) is 11.8 Å². The van der Waals surface area contributed by atoms with E-state index in [0.29, 0.717) is 24.4 Å². The average molecular weight is 511 g/mol. The van der Waals surface area contributed by atoms with Gasteiger partial charge in [0.05, 0.1) is 11.5 Å². The third-order valence-corrected chi connectivity index (χ3v) is 6.26. The largest absolute Gasteiger partial charge is 0.383 e. The van der Waals surface area contributed by atoms with Crippen molar-refractivity contribution in [3.8, 4) is 0 Å². The number of carbonyl (C=O) groups excluding carboxylic acids is 4. The number of hydrogen-bond donors (Lipinski definition) is 2. The first kappa shape index (κ1) is 25.1. The van der Waals surface area contributed by atoms with Gasteiger partial charge in [0.25, 0.3) is 11.1 Å². The molecule has 9 nitrogen and oxygen atoms in total. The van der Waals surface area contributed by atoms with E-state index in [1.165, 1.54) is 24.3 Å². The summed E-state index contributed by atoms with van der Waals surface area (Å²) in [5.74, 6) is -1.81. The van der Waals surface area contributed by atoms with Gasteiger partial charge in [0.15, 0.2) is 0 Å². The Kier molecular flexibility index (Phi) is 7.81. The number of hydrogen-bond acceptors (Lipinski definition) is 6. The maximum atomic E-state index is 13.1. The fraction of sp³-hybridized carbons (Fsp3) is 0.200. The van der Waals surface area contributed by atoms with E-state index in [1.807, 2.05) is 24.3 Å². The van der Waals surface area contributed by atoms with Gasteiger partial charge in [0, 0.05) is 42.0 Å². The minimum Gasteiger partial charge on any atom is -0.383 e. The minimum atomic E-state index is -0.589. The standard InChI is InChI=1S/C25H23FN4O5S/c1-35-11-10-27-22(31)14-29-13-16(19-4-2-3-5-20(19)29)12-21-24(33)30(25(34)36-21)15-23(32)28-18-8-6-17(26)7-9-18/h2-9,12-13H,10-11,14-15H2,1H3,(H,27,31)(H,28,32)/b21-12-. The number of rotatable bonds is 9. The Labute approximate surface area is 210 Å². The lowest BCUT2D eigenvalue weighted by atomic mass is 10.1. The molecule has 2 aromatic carbocycles. The fourth-order valence-corrected chi connectivity index (χ4v) is 4.51. The summed E-state index contributed by atoms with van der Waals surface area (Å²) in [6.07, 6.45) is 3.33. The lowest BCUT2D eigenvalue weighted by Gasteiger charge is -2.12. The van der Waals surface area contributed by atoms with Crippen molar-refractivity contribution in [2.45, 2.75) is 6.54 Å². The number of fused-ring (bicyclic) bond motifs is 1. The van der Waals surface area contributed by atoms with Crippen LogP contribution in [0.25, 0.3) is 17.0 Å². The highest BCUT2D eigenvalue weighted by molar-refractivity contribution is 8.18. The quantitative estimate of drug-likeness (QED) is 0.338. The number of ether oxygens (including phenoxy) is 1. The zero-order valence-corrected chi connectivity index (χ0v) is 20.1. The smallest absolute Gasteiger partial charge is 0.294 e. The highest BCUT2D eigenvalue weighted by Gasteiger charge is 2.36. The Morgan fingerprint density at radius 2 is 1.81 bits per heavy atom. The number of methoxy groups -OCH3 is 1. The molecule has 0 saturated carbocycles. The van der Waals surface area contributed by atoms with Crippen LogP contribution in [-0.4, -0.2) is 59.2 Å². The van der Waals surface area contributed by atoms with Gasteiger partial charge in [-0.1, -0.05) is 18.2 Å². The van der Waals surface area contributed by atoms with Crippen LogP contribution in [0.5, 0.6) is 0 Å². The number of aromatic nitrogens is 1. The van der Waals surface area contributed by atoms with Crippen LogP contribution in [0.3, 0.4) is 0 Å². The van der Waals surface area contributed by atoms with Gasteiger partial charge in [-0.2, -0.15) is 0 Å². The van der Waals surface area contributed by atoms with E-state index in [-0.39, 0.29) is 17.4 Å². The SMILES string of the molecule is COCCNC(=O)Cn1cc(/C=C2\SC(=O)N(CC(=O)Nc3ccc(F)cc3)C2=O)c2ccccc21. The van der Waals surface area contributed by atoms with Crippen LogP contribution in [-0.2, 0) is 25.7 Å². The first-order valence-corrected chi connectivity index (χ1v) is 11.8. The van der Waals surface area contributed by atoms with Crippen molar-refractivity contribution >= 4 is 57.4 Å². The summed E-state index contributed by atoms with van der Waals surface area (Å²) in [4.78, 5) is 51.1. The molecule has 4 rings (SSSR count). The highest BCUT2D eigenvalue weighted by Crippen LogP contribution is 2.34. The molecule has 1 fully saturated rings. The molecule has 2 N–H and O–H groups in total. The lowest BCUT2D eigenvalue weighted by Crippen LogP contribution is -2.36. The molecule has 0 aliphatic carbocycles. The van der Waals surface area contributed by atoms with Gasteiger partial charge >= 0.3 is 0 Å². The van der Waals surface area contributed by atoms with Crippen LogP contribution in [0.2, 0.25) is 0 Å². The average Bonchev–Trinajstić information content (AvgIpc) is 3.32. The lowest BCUT2D eigenvalue weighted by molar-refractivity contribution is -0.127. The van der Waals surface area contributed by atoms with E-state index in [2.05, 4.69) is 10.6 Å². The zero-order valence-electron chi connectivity index (χ0n) is 19.3. The van der Waals surface area contributed by atoms with Crippen molar-refractivity contribution in [2.24, 2.45) is 0 Å². The summed E-state index contributed by atoms with van der Waals surface area (Å²) in [6, 6.07) is 12.6. The molecular formula is C25H23FN4O5S. The van der Waals surface area contributed by atoms with Gasteiger partial charge in [-0.25, -0.2) is 4.39 Å². The maximum absolute atomic E-state index is 13.1. The molecule has 0 bridgehead atoms. The second-order valence-electron chi connectivity index (χ2n) is 7.90. The minimum absolute atomic E-state index is 0.0725. The molecule has 0 atom stereocenters. The number of nitrogens with one attached hydrogen (secondary N) is 2. The summed E-state index contributed by atoms with van der Waals surface area (Å²) in [5, 5.41) is 5.55. The topological polar surface area (TPSA) is 110 Å². The van der Waals surface area contributed by atoms with Crippen LogP contribution in [0, 0.1) is 5.82 Å². The van der Waals surface area contributed by atoms with Gasteiger partial charge in [-0.15, -0.1) is 0 Å². The molecule has 36 heavy (non-hydrogen) atoms. The molecule has 4 amide bonds. The molecular weight excluding hydrogens is 487 g/mol. The Bertz CT molecular complexity index is 1350. The van der Waals surface area contributed by atoms with Gasteiger partial charge < -0.3 is 19.9 Å². The number of thioether (sulfide) groups is 1. The predicted molar refractivity (Wildman–Crippen MR) is 135 cm³/mol. The molecule has 1 saturated heterocycles. The molecule has 11 heteroatoms. The zero-order chi connectivity index (χ0) is 25.7. The summed E-state index contributed by atoms with van der Waals surface area (Å²) >= 11 is 0.739. The number of amides is 4. The molecule has 186 valence electrons. The van der Waals surface area contributed by atoms with Crippen molar-refractivity contribution in [1.82, 2.24) is 14.8 Å². The van der Waals surface area contributed by atoms with Crippen LogP contribution >= 0.6 is 11.8 Å². The van der Waals surface area contributed by atoms with Crippen LogP contribution in [0.1, 0.15) is 5.56 Å². The van der Waals surface area contributed by atoms with Gasteiger partial charge in [-0.05, 0) is 48.2 Å². The number of para-hydroxylation sites is 1. The van der Waals surface area contributed by atoms with Crippen molar-refractivity contribution in [2.75, 3.05) is 32.1 Å². The fourth-order valence-electron chi connectivity index (χ4n) is 3.68. The van der Waals surface area contributed by atoms with Crippen molar-refractivity contribution in [3.05, 3.63) is 71.0 Å². The van der Waals surface area contributed by atoms with E-state index in [0.717, 1.165) is 27.6 Å². The van der Waals surface area contributed by atoms with Gasteiger partial charge in [0.1, 0.15) is 18.9 Å². The van der Waals surface area contributed by atoms with Crippen LogP contribution in [0.4, 0.5) is 14.9 Å². The van der Waals surface area contributed by atoms with Crippen LogP contribution < -0.4 is 10.6 Å². The number of anilines is 1. The van der Waals surface area contributed by atoms with Crippen LogP contribution in [0.15, 0.2) is 59.6 Å². The monoisotopic (exact) mass is 510 g/mol. The summed E-state index contributed by atoms with van der Waals surface area (Å²) in [7, 11) is 1.55. The number of halogens is 1. The predicted octanol–water partition coefficient (Wildman–Crippen LogP) is 3.22. The molecule has 0 radical (unpaired) electrons. The molecule has 0 unspecified atom stereocenters. The Hall–Kier alpha value is -3.96. The maximum Gasteiger partial charge on any atom is 0.294 e. The molecule has 1 aliphatic rings. The summed E-state index contributed by atoms with van der Waals surface area (Å²) in [6.45, 7) is 0.399. The second kappa shape index (κ2) is 11.2.